The Kier molecular flexibility index (Phi) is 4.51. The molecule has 1 aromatic carbocycles. The molecule has 0 radical (unpaired) electrons. The van der Waals surface area contributed by atoms with Crippen LogP contribution in [0, 0.1) is 0 Å². The first kappa shape index (κ1) is 13.5. The molecule has 1 aromatic heterocycles. The minimum Gasteiger partial charge on any atom is -0.507 e. The molecular weight excluding hydrogens is 312 g/mol. The van der Waals surface area contributed by atoms with Gasteiger partial charge in [-0.1, -0.05) is 15.9 Å². The number of carbonyl (C=O) groups is 1. The fourth-order valence-corrected chi connectivity index (χ4v) is 1.93. The lowest BCUT2D eigenvalue weighted by Crippen LogP contribution is -2.25. The molecule has 2 N–H and O–H groups in total. The molecule has 0 fully saturated rings. The Hall–Kier alpha value is -1.89. The van der Waals surface area contributed by atoms with E-state index in [1.807, 2.05) is 0 Å². The Morgan fingerprint density at radius 3 is 3.00 bits per heavy atom. The van der Waals surface area contributed by atoms with Gasteiger partial charge in [0.15, 0.2) is 0 Å². The standard InChI is InChI=1S/C12H13BrN4O2/c13-9-2-3-10(11(18)6-9)12(19)15-4-1-5-17-8-14-7-16-17/h2-3,6-8,18H,1,4-5H2,(H,15,19). The van der Waals surface area contributed by atoms with Crippen LogP contribution in [0.5, 0.6) is 5.75 Å². The second kappa shape index (κ2) is 6.33. The summed E-state index contributed by atoms with van der Waals surface area (Å²) in [6.07, 6.45) is 3.84. The van der Waals surface area contributed by atoms with Gasteiger partial charge in [-0.25, -0.2) is 4.98 Å². The SMILES string of the molecule is O=C(NCCCn1cncn1)c1ccc(Br)cc1O. The van der Waals surface area contributed by atoms with Crippen molar-refractivity contribution >= 4 is 21.8 Å². The maximum atomic E-state index is 11.8. The Morgan fingerprint density at radius 2 is 2.32 bits per heavy atom. The van der Waals surface area contributed by atoms with Crippen molar-refractivity contribution in [2.45, 2.75) is 13.0 Å². The quantitative estimate of drug-likeness (QED) is 0.818. The lowest BCUT2D eigenvalue weighted by Gasteiger charge is -2.07. The summed E-state index contributed by atoms with van der Waals surface area (Å²) in [5, 5.41) is 16.4. The minimum absolute atomic E-state index is 0.0387. The van der Waals surface area contributed by atoms with Crippen molar-refractivity contribution in [2.75, 3.05) is 6.54 Å². The largest absolute Gasteiger partial charge is 0.507 e. The van der Waals surface area contributed by atoms with Crippen molar-refractivity contribution in [1.29, 1.82) is 0 Å². The average Bonchev–Trinajstić information content (AvgIpc) is 2.87. The van der Waals surface area contributed by atoms with E-state index in [9.17, 15) is 9.90 Å². The van der Waals surface area contributed by atoms with E-state index < -0.39 is 0 Å². The van der Waals surface area contributed by atoms with Crippen molar-refractivity contribution in [3.8, 4) is 5.75 Å². The summed E-state index contributed by atoms with van der Waals surface area (Å²) < 4.78 is 2.43. The molecule has 0 saturated carbocycles. The summed E-state index contributed by atoms with van der Waals surface area (Å²) in [4.78, 5) is 15.6. The van der Waals surface area contributed by atoms with Crippen molar-refractivity contribution in [3.05, 3.63) is 40.9 Å². The van der Waals surface area contributed by atoms with Crippen LogP contribution in [0.1, 0.15) is 16.8 Å². The molecule has 1 amide bonds. The molecule has 0 aliphatic heterocycles. The number of hydrogen-bond acceptors (Lipinski definition) is 4. The maximum absolute atomic E-state index is 11.8. The predicted octanol–water partition coefficient (Wildman–Crippen LogP) is 1.57. The molecule has 0 aliphatic carbocycles. The Morgan fingerprint density at radius 1 is 1.47 bits per heavy atom. The van der Waals surface area contributed by atoms with Crippen LogP contribution in [0.3, 0.4) is 0 Å². The number of benzene rings is 1. The lowest BCUT2D eigenvalue weighted by molar-refractivity contribution is 0.0950. The first-order chi connectivity index (χ1) is 9.16. The molecule has 0 saturated heterocycles. The minimum atomic E-state index is -0.288. The summed E-state index contributed by atoms with van der Waals surface area (Å²) in [6, 6.07) is 4.78. The zero-order valence-electron chi connectivity index (χ0n) is 10.1. The Bertz CT molecular complexity index is 557. The van der Waals surface area contributed by atoms with E-state index >= 15 is 0 Å². The molecule has 0 unspecified atom stereocenters. The number of rotatable bonds is 5. The van der Waals surface area contributed by atoms with Gasteiger partial charge in [-0.3, -0.25) is 9.48 Å². The van der Waals surface area contributed by atoms with Gasteiger partial charge >= 0.3 is 0 Å². The number of halogens is 1. The van der Waals surface area contributed by atoms with E-state index in [1.54, 1.807) is 23.1 Å². The number of nitrogens with zero attached hydrogens (tertiary/aromatic N) is 3. The van der Waals surface area contributed by atoms with Gasteiger partial charge < -0.3 is 10.4 Å². The molecule has 1 heterocycles. The summed E-state index contributed by atoms with van der Waals surface area (Å²) in [6.45, 7) is 1.20. The highest BCUT2D eigenvalue weighted by Crippen LogP contribution is 2.21. The van der Waals surface area contributed by atoms with Crippen LogP contribution in [-0.4, -0.2) is 32.3 Å². The van der Waals surface area contributed by atoms with Gasteiger partial charge in [-0.2, -0.15) is 5.10 Å². The zero-order valence-corrected chi connectivity index (χ0v) is 11.7. The molecule has 0 atom stereocenters. The number of amides is 1. The molecular formula is C12H13BrN4O2. The van der Waals surface area contributed by atoms with Crippen molar-refractivity contribution < 1.29 is 9.90 Å². The van der Waals surface area contributed by atoms with Gasteiger partial charge in [0.05, 0.1) is 5.56 Å². The van der Waals surface area contributed by atoms with E-state index in [-0.39, 0.29) is 17.2 Å². The molecule has 7 heteroatoms. The fraction of sp³-hybridized carbons (Fsp3) is 0.250. The molecule has 0 spiro atoms. The van der Waals surface area contributed by atoms with Crippen LogP contribution in [0.25, 0.3) is 0 Å². The highest BCUT2D eigenvalue weighted by atomic mass is 79.9. The molecule has 2 aromatic rings. The predicted molar refractivity (Wildman–Crippen MR) is 72.8 cm³/mol. The smallest absolute Gasteiger partial charge is 0.255 e. The van der Waals surface area contributed by atoms with Crippen LogP contribution in [-0.2, 0) is 6.54 Å². The van der Waals surface area contributed by atoms with E-state index in [2.05, 4.69) is 31.3 Å². The maximum Gasteiger partial charge on any atom is 0.255 e. The number of nitrogens with one attached hydrogen (secondary N) is 1. The first-order valence-electron chi connectivity index (χ1n) is 5.76. The van der Waals surface area contributed by atoms with Crippen LogP contribution in [0.2, 0.25) is 0 Å². The van der Waals surface area contributed by atoms with Crippen LogP contribution >= 0.6 is 15.9 Å². The molecule has 19 heavy (non-hydrogen) atoms. The number of hydrogen-bond donors (Lipinski definition) is 2. The summed E-state index contributed by atoms with van der Waals surface area (Å²) >= 11 is 3.22. The third-order valence-corrected chi connectivity index (χ3v) is 3.01. The third kappa shape index (κ3) is 3.78. The average molecular weight is 325 g/mol. The van der Waals surface area contributed by atoms with Crippen molar-refractivity contribution in [2.24, 2.45) is 0 Å². The van der Waals surface area contributed by atoms with Gasteiger partial charge in [0, 0.05) is 17.6 Å². The Balaban J connectivity index is 1.81. The van der Waals surface area contributed by atoms with Crippen LogP contribution in [0.15, 0.2) is 35.3 Å². The topological polar surface area (TPSA) is 80.0 Å². The number of phenolic OH excluding ortho intramolecular Hbond substituents is 1. The number of aromatic hydroxyl groups is 1. The lowest BCUT2D eigenvalue weighted by atomic mass is 10.2. The van der Waals surface area contributed by atoms with E-state index in [4.69, 9.17) is 0 Å². The van der Waals surface area contributed by atoms with Gasteiger partial charge in [0.25, 0.3) is 5.91 Å². The fourth-order valence-electron chi connectivity index (χ4n) is 1.58. The van der Waals surface area contributed by atoms with E-state index in [0.717, 1.165) is 10.9 Å². The highest BCUT2D eigenvalue weighted by Gasteiger charge is 2.10. The number of carbonyl (C=O) groups excluding carboxylic acids is 1. The molecule has 100 valence electrons. The zero-order chi connectivity index (χ0) is 13.7. The summed E-state index contributed by atoms with van der Waals surface area (Å²) in [7, 11) is 0. The molecule has 2 rings (SSSR count). The van der Waals surface area contributed by atoms with Crippen LogP contribution < -0.4 is 5.32 Å². The van der Waals surface area contributed by atoms with E-state index in [0.29, 0.717) is 13.1 Å². The van der Waals surface area contributed by atoms with Gasteiger partial charge in [-0.05, 0) is 24.6 Å². The van der Waals surface area contributed by atoms with Crippen molar-refractivity contribution in [1.82, 2.24) is 20.1 Å². The number of aromatic nitrogens is 3. The van der Waals surface area contributed by atoms with Gasteiger partial charge in [-0.15, -0.1) is 0 Å². The second-order valence-electron chi connectivity index (χ2n) is 3.93. The van der Waals surface area contributed by atoms with Crippen LogP contribution in [0.4, 0.5) is 0 Å². The first-order valence-corrected chi connectivity index (χ1v) is 6.55. The molecule has 0 bridgehead atoms. The van der Waals surface area contributed by atoms with E-state index in [1.165, 1.54) is 12.4 Å². The third-order valence-electron chi connectivity index (χ3n) is 2.52. The van der Waals surface area contributed by atoms with Gasteiger partial charge in [0.1, 0.15) is 18.4 Å². The molecule has 0 aliphatic rings. The van der Waals surface area contributed by atoms with Gasteiger partial charge in [0.2, 0.25) is 0 Å². The molecule has 6 nitrogen and oxygen atoms in total. The summed E-state index contributed by atoms with van der Waals surface area (Å²) in [5.41, 5.74) is 0.268. The summed E-state index contributed by atoms with van der Waals surface area (Å²) in [5.74, 6) is -0.327. The second-order valence-corrected chi connectivity index (χ2v) is 4.85. The monoisotopic (exact) mass is 324 g/mol. The normalized spacial score (nSPS) is 10.4. The number of aryl methyl sites for hydroxylation is 1. The highest BCUT2D eigenvalue weighted by molar-refractivity contribution is 9.10. The number of phenols is 1. The Labute approximate surface area is 118 Å². The van der Waals surface area contributed by atoms with Crippen molar-refractivity contribution in [3.63, 3.8) is 0 Å².